The molecule has 0 bridgehead atoms. The summed E-state index contributed by atoms with van der Waals surface area (Å²) >= 11 is 0. The van der Waals surface area contributed by atoms with E-state index in [0.717, 1.165) is 0 Å². The average Bonchev–Trinajstić information content (AvgIpc) is 2.30. The number of carboxylic acids is 1. The molecule has 1 unspecified atom stereocenters. The Bertz CT molecular complexity index is 537. The number of phenolic OH excluding ortho intramolecular Hbond substituents is 1. The van der Waals surface area contributed by atoms with Crippen molar-refractivity contribution in [3.05, 3.63) is 23.8 Å². The van der Waals surface area contributed by atoms with Crippen molar-refractivity contribution in [2.75, 3.05) is 5.32 Å². The molecule has 1 aromatic carbocycles. The van der Waals surface area contributed by atoms with Gasteiger partial charge in [-0.3, -0.25) is 10.1 Å². The molecule has 0 saturated heterocycles. The number of phenols is 1. The van der Waals surface area contributed by atoms with Crippen molar-refractivity contribution in [3.8, 4) is 5.75 Å². The number of hydrogen-bond donors (Lipinski definition) is 4. The van der Waals surface area contributed by atoms with Gasteiger partial charge in [-0.15, -0.1) is 0 Å². The summed E-state index contributed by atoms with van der Waals surface area (Å²) in [5.41, 5.74) is 5.50. The Balaban J connectivity index is 2.83. The normalized spacial score (nSPS) is 12.6. The van der Waals surface area contributed by atoms with E-state index in [1.54, 1.807) is 26.8 Å². The van der Waals surface area contributed by atoms with Crippen molar-refractivity contribution in [1.82, 2.24) is 0 Å². The number of nitrogens with two attached hydrogens (primary N) is 1. The average molecular weight is 296 g/mol. The summed E-state index contributed by atoms with van der Waals surface area (Å²) in [5.74, 6) is -1.27. The summed E-state index contributed by atoms with van der Waals surface area (Å²) < 4.78 is 5.08. The molecular weight excluding hydrogens is 276 g/mol. The fourth-order valence-electron chi connectivity index (χ4n) is 1.57. The molecule has 0 fully saturated rings. The minimum atomic E-state index is -1.12. The van der Waals surface area contributed by atoms with Crippen molar-refractivity contribution in [1.29, 1.82) is 0 Å². The summed E-state index contributed by atoms with van der Waals surface area (Å²) in [5, 5.41) is 20.9. The number of amides is 1. The van der Waals surface area contributed by atoms with Gasteiger partial charge < -0.3 is 20.7 Å². The fraction of sp³-hybridized carbons (Fsp3) is 0.429. The van der Waals surface area contributed by atoms with Crippen LogP contribution in [0.2, 0.25) is 0 Å². The molecule has 0 saturated carbocycles. The third kappa shape index (κ3) is 5.70. The summed E-state index contributed by atoms with van der Waals surface area (Å²) in [7, 11) is 0. The maximum absolute atomic E-state index is 11.7. The topological polar surface area (TPSA) is 122 Å². The Hall–Kier alpha value is -2.28. The van der Waals surface area contributed by atoms with Crippen LogP contribution in [0.3, 0.4) is 0 Å². The largest absolute Gasteiger partial charge is 0.506 e. The first-order chi connectivity index (χ1) is 9.58. The molecule has 21 heavy (non-hydrogen) atoms. The number of hydrogen-bond acceptors (Lipinski definition) is 5. The number of anilines is 1. The van der Waals surface area contributed by atoms with Gasteiger partial charge in [0.25, 0.3) is 0 Å². The van der Waals surface area contributed by atoms with E-state index in [9.17, 15) is 14.7 Å². The van der Waals surface area contributed by atoms with E-state index < -0.39 is 23.7 Å². The van der Waals surface area contributed by atoms with Gasteiger partial charge in [-0.25, -0.2) is 4.79 Å². The van der Waals surface area contributed by atoms with Crippen LogP contribution in [0, 0.1) is 0 Å². The van der Waals surface area contributed by atoms with Crippen LogP contribution in [0.1, 0.15) is 26.3 Å². The van der Waals surface area contributed by atoms with Crippen LogP contribution >= 0.6 is 0 Å². The minimum Gasteiger partial charge on any atom is -0.506 e. The second-order valence-electron chi connectivity index (χ2n) is 5.63. The molecule has 0 heterocycles. The van der Waals surface area contributed by atoms with Gasteiger partial charge in [0.05, 0.1) is 5.69 Å². The second-order valence-corrected chi connectivity index (χ2v) is 5.63. The third-order valence-electron chi connectivity index (χ3n) is 2.47. The van der Waals surface area contributed by atoms with E-state index in [1.165, 1.54) is 12.1 Å². The lowest BCUT2D eigenvalue weighted by molar-refractivity contribution is -0.138. The second kappa shape index (κ2) is 6.45. The van der Waals surface area contributed by atoms with Crippen molar-refractivity contribution in [3.63, 3.8) is 0 Å². The van der Waals surface area contributed by atoms with Gasteiger partial charge in [0.15, 0.2) is 0 Å². The summed E-state index contributed by atoms with van der Waals surface area (Å²) in [4.78, 5) is 22.4. The van der Waals surface area contributed by atoms with Crippen LogP contribution in [0.4, 0.5) is 10.5 Å². The van der Waals surface area contributed by atoms with Crippen LogP contribution in [-0.4, -0.2) is 33.9 Å². The zero-order chi connectivity index (χ0) is 16.2. The van der Waals surface area contributed by atoms with Crippen molar-refractivity contribution >= 4 is 17.7 Å². The standard InChI is InChI=1S/C14H20N2O5/c1-14(2,3)21-13(20)16-10-7-8(4-5-11(10)17)6-9(15)12(18)19/h4-5,7,9,17H,6,15H2,1-3H3,(H,16,20)(H,18,19). The number of rotatable bonds is 4. The van der Waals surface area contributed by atoms with E-state index in [0.29, 0.717) is 5.56 Å². The first kappa shape index (κ1) is 16.8. The highest BCUT2D eigenvalue weighted by molar-refractivity contribution is 5.87. The van der Waals surface area contributed by atoms with E-state index in [4.69, 9.17) is 15.6 Å². The Kier molecular flexibility index (Phi) is 5.15. The lowest BCUT2D eigenvalue weighted by Gasteiger charge is -2.20. The molecule has 0 radical (unpaired) electrons. The van der Waals surface area contributed by atoms with Gasteiger partial charge in [-0.2, -0.15) is 0 Å². The Labute approximate surface area is 122 Å². The highest BCUT2D eigenvalue weighted by atomic mass is 16.6. The maximum atomic E-state index is 11.7. The van der Waals surface area contributed by atoms with E-state index >= 15 is 0 Å². The summed E-state index contributed by atoms with van der Waals surface area (Å²) in [6.07, 6.45) is -0.629. The number of aliphatic carboxylic acids is 1. The number of nitrogens with one attached hydrogen (secondary N) is 1. The van der Waals surface area contributed by atoms with Gasteiger partial charge in [0.2, 0.25) is 0 Å². The van der Waals surface area contributed by atoms with Gasteiger partial charge in [-0.05, 0) is 44.9 Å². The minimum absolute atomic E-state index is 0.0820. The summed E-state index contributed by atoms with van der Waals surface area (Å²) in [6, 6.07) is 3.31. The molecule has 7 heteroatoms. The quantitative estimate of drug-likeness (QED) is 0.627. The smallest absolute Gasteiger partial charge is 0.412 e. The lowest BCUT2D eigenvalue weighted by atomic mass is 10.1. The monoisotopic (exact) mass is 296 g/mol. The first-order valence-corrected chi connectivity index (χ1v) is 6.39. The van der Waals surface area contributed by atoms with Crippen LogP contribution in [-0.2, 0) is 16.0 Å². The number of carboxylic acid groups (broad SMARTS) is 1. The predicted octanol–water partition coefficient (Wildman–Crippen LogP) is 1.69. The van der Waals surface area contributed by atoms with Crippen LogP contribution in [0.15, 0.2) is 18.2 Å². The number of aromatic hydroxyl groups is 1. The maximum Gasteiger partial charge on any atom is 0.412 e. The van der Waals surface area contributed by atoms with Gasteiger partial charge in [0.1, 0.15) is 17.4 Å². The van der Waals surface area contributed by atoms with Gasteiger partial charge in [-0.1, -0.05) is 6.07 Å². The zero-order valence-electron chi connectivity index (χ0n) is 12.2. The van der Waals surface area contributed by atoms with E-state index in [1.807, 2.05) is 0 Å². The molecule has 116 valence electrons. The highest BCUT2D eigenvalue weighted by Gasteiger charge is 2.18. The number of benzene rings is 1. The number of carbonyl (C=O) groups is 2. The van der Waals surface area contributed by atoms with Gasteiger partial charge in [0, 0.05) is 0 Å². The number of ether oxygens (including phenoxy) is 1. The fourth-order valence-corrected chi connectivity index (χ4v) is 1.57. The molecule has 0 aliphatic rings. The molecule has 0 aromatic heterocycles. The molecule has 1 atom stereocenters. The first-order valence-electron chi connectivity index (χ1n) is 6.39. The molecule has 5 N–H and O–H groups in total. The van der Waals surface area contributed by atoms with Crippen LogP contribution in [0.5, 0.6) is 5.75 Å². The molecule has 1 rings (SSSR count). The van der Waals surface area contributed by atoms with Crippen molar-refractivity contribution in [2.45, 2.75) is 38.8 Å². The van der Waals surface area contributed by atoms with Crippen LogP contribution in [0.25, 0.3) is 0 Å². The number of carbonyl (C=O) groups excluding carboxylic acids is 1. The van der Waals surface area contributed by atoms with Crippen LogP contribution < -0.4 is 11.1 Å². The molecule has 0 aliphatic carbocycles. The van der Waals surface area contributed by atoms with E-state index in [2.05, 4.69) is 5.32 Å². The summed E-state index contributed by atoms with van der Waals surface area (Å²) in [6.45, 7) is 5.15. The molecule has 7 nitrogen and oxygen atoms in total. The third-order valence-corrected chi connectivity index (χ3v) is 2.47. The van der Waals surface area contributed by atoms with E-state index in [-0.39, 0.29) is 17.9 Å². The lowest BCUT2D eigenvalue weighted by Crippen LogP contribution is -2.32. The molecular formula is C14H20N2O5. The Morgan fingerprint density at radius 3 is 2.52 bits per heavy atom. The Morgan fingerprint density at radius 1 is 1.38 bits per heavy atom. The Morgan fingerprint density at radius 2 is 2.00 bits per heavy atom. The van der Waals surface area contributed by atoms with Gasteiger partial charge >= 0.3 is 12.1 Å². The SMILES string of the molecule is CC(C)(C)OC(=O)Nc1cc(CC(N)C(=O)O)ccc1O. The zero-order valence-corrected chi connectivity index (χ0v) is 12.2. The predicted molar refractivity (Wildman–Crippen MR) is 77.3 cm³/mol. The molecule has 1 amide bonds. The highest BCUT2D eigenvalue weighted by Crippen LogP contribution is 2.25. The molecule has 0 spiro atoms. The van der Waals surface area contributed by atoms with Crippen molar-refractivity contribution in [2.24, 2.45) is 5.73 Å². The molecule has 0 aliphatic heterocycles. The molecule has 1 aromatic rings. The van der Waals surface area contributed by atoms with Crippen molar-refractivity contribution < 1.29 is 24.5 Å².